The zero-order valence-electron chi connectivity index (χ0n) is 24.1. The lowest BCUT2D eigenvalue weighted by molar-refractivity contribution is -0.143. The van der Waals surface area contributed by atoms with Gasteiger partial charge in [-0.05, 0) is 26.7 Å². The molecule has 11 nitrogen and oxygen atoms in total. The standard InChI is InChI=1S/C10H18O3.C9H14O5.C9H16O3/c1-4-5-6-12-7-8-13-10(11)9(2)3;1-3-13-4-5-14-9(12)7(2)6-8(10)11;1-3-5-6-11-7-8-12-9(10)4-2/h2,4-8H2,1,3H3;2-6H2,1H3,(H,10,11);4H,2-3,5-8H2,1H3. The number of carboxylic acids is 1. The Hall–Kier alpha value is -3.02. The highest BCUT2D eigenvalue weighted by molar-refractivity contribution is 5.92. The number of aliphatic carboxylic acids is 1. The highest BCUT2D eigenvalue weighted by Crippen LogP contribution is 2.00. The average Bonchev–Trinajstić information content (AvgIpc) is 2.90. The van der Waals surface area contributed by atoms with Gasteiger partial charge in [-0.25, -0.2) is 14.4 Å². The van der Waals surface area contributed by atoms with Crippen molar-refractivity contribution in [1.29, 1.82) is 0 Å². The van der Waals surface area contributed by atoms with Gasteiger partial charge in [0.15, 0.2) is 0 Å². The molecule has 226 valence electrons. The van der Waals surface area contributed by atoms with Gasteiger partial charge >= 0.3 is 23.9 Å². The van der Waals surface area contributed by atoms with Crippen LogP contribution in [0.1, 0.15) is 59.8 Å². The van der Waals surface area contributed by atoms with Crippen LogP contribution in [0.5, 0.6) is 0 Å². The molecule has 0 unspecified atom stereocenters. The van der Waals surface area contributed by atoms with Crippen LogP contribution < -0.4 is 0 Å². The minimum absolute atomic E-state index is 0.0611. The number of esters is 3. The highest BCUT2D eigenvalue weighted by atomic mass is 16.6. The number of hydrogen-bond acceptors (Lipinski definition) is 10. The number of carbonyl (C=O) groups excluding carboxylic acids is 3. The van der Waals surface area contributed by atoms with E-state index in [-0.39, 0.29) is 18.1 Å². The Morgan fingerprint density at radius 3 is 1.56 bits per heavy atom. The van der Waals surface area contributed by atoms with Gasteiger partial charge in [-0.2, -0.15) is 0 Å². The van der Waals surface area contributed by atoms with Gasteiger partial charge in [0.25, 0.3) is 0 Å². The number of carboxylic acid groups (broad SMARTS) is 1. The molecule has 0 aliphatic carbocycles. The van der Waals surface area contributed by atoms with Crippen molar-refractivity contribution < 1.29 is 52.7 Å². The number of ether oxygens (including phenoxy) is 6. The van der Waals surface area contributed by atoms with Gasteiger partial charge in [-0.1, -0.05) is 46.4 Å². The molecule has 11 heteroatoms. The molecule has 0 amide bonds. The van der Waals surface area contributed by atoms with Crippen LogP contribution in [0.15, 0.2) is 37.0 Å². The van der Waals surface area contributed by atoms with Crippen molar-refractivity contribution in [3.63, 3.8) is 0 Å². The Morgan fingerprint density at radius 1 is 0.692 bits per heavy atom. The highest BCUT2D eigenvalue weighted by Gasteiger charge is 2.11. The molecule has 0 atom stereocenters. The van der Waals surface area contributed by atoms with E-state index in [1.165, 1.54) is 0 Å². The SMILES string of the molecule is C=C(C)C(=O)OCCOCCCC.C=C(CC(=O)O)C(=O)OCCOCC.C=CC(=O)OCCOCCCC. The fourth-order valence-corrected chi connectivity index (χ4v) is 1.97. The van der Waals surface area contributed by atoms with Crippen molar-refractivity contribution >= 4 is 23.9 Å². The van der Waals surface area contributed by atoms with Crippen molar-refractivity contribution in [2.24, 2.45) is 0 Å². The van der Waals surface area contributed by atoms with Crippen LogP contribution in [-0.4, -0.2) is 88.4 Å². The molecule has 0 rings (SSSR count). The summed E-state index contributed by atoms with van der Waals surface area (Å²) in [6.07, 6.45) is 5.08. The molecule has 0 aliphatic heterocycles. The molecule has 0 bridgehead atoms. The minimum atomic E-state index is -1.10. The Balaban J connectivity index is -0.000000500. The summed E-state index contributed by atoms with van der Waals surface area (Å²) >= 11 is 0. The van der Waals surface area contributed by atoms with Crippen LogP contribution in [0, 0.1) is 0 Å². The molecule has 0 radical (unpaired) electrons. The molecule has 0 heterocycles. The van der Waals surface area contributed by atoms with Crippen molar-refractivity contribution in [1.82, 2.24) is 0 Å². The molecule has 0 aromatic carbocycles. The van der Waals surface area contributed by atoms with Gasteiger partial charge < -0.3 is 33.5 Å². The third-order valence-electron chi connectivity index (χ3n) is 4.05. The fourth-order valence-electron chi connectivity index (χ4n) is 1.97. The third-order valence-corrected chi connectivity index (χ3v) is 4.05. The molecule has 1 N–H and O–H groups in total. The van der Waals surface area contributed by atoms with E-state index < -0.39 is 24.3 Å². The van der Waals surface area contributed by atoms with Crippen molar-refractivity contribution in [2.75, 3.05) is 59.5 Å². The number of carbonyl (C=O) groups is 4. The maximum atomic E-state index is 11.0. The summed E-state index contributed by atoms with van der Waals surface area (Å²) in [6.45, 7) is 21.7. The van der Waals surface area contributed by atoms with Gasteiger partial charge in [-0.3, -0.25) is 4.79 Å². The van der Waals surface area contributed by atoms with E-state index in [4.69, 9.17) is 24.1 Å². The van der Waals surface area contributed by atoms with Gasteiger partial charge in [0.2, 0.25) is 0 Å². The molecule has 0 saturated carbocycles. The predicted molar refractivity (Wildman–Crippen MR) is 147 cm³/mol. The smallest absolute Gasteiger partial charge is 0.334 e. The normalized spacial score (nSPS) is 9.54. The summed E-state index contributed by atoms with van der Waals surface area (Å²) in [7, 11) is 0. The van der Waals surface area contributed by atoms with Crippen molar-refractivity contribution in [2.45, 2.75) is 59.8 Å². The molecule has 0 aliphatic rings. The molecule has 0 saturated heterocycles. The number of unbranched alkanes of at least 4 members (excludes halogenated alkanes) is 2. The largest absolute Gasteiger partial charge is 0.481 e. The van der Waals surface area contributed by atoms with Gasteiger partial charge in [0, 0.05) is 37.0 Å². The van der Waals surface area contributed by atoms with Gasteiger partial charge in [0.1, 0.15) is 19.8 Å². The first-order valence-corrected chi connectivity index (χ1v) is 13.0. The first-order valence-electron chi connectivity index (χ1n) is 13.0. The summed E-state index contributed by atoms with van der Waals surface area (Å²) < 4.78 is 29.5. The molecule has 0 aromatic rings. The number of hydrogen-bond donors (Lipinski definition) is 1. The summed E-state index contributed by atoms with van der Waals surface area (Å²) in [5.41, 5.74) is 0.363. The molecule has 39 heavy (non-hydrogen) atoms. The minimum Gasteiger partial charge on any atom is -0.481 e. The Kier molecular flexibility index (Phi) is 32.4. The second-order valence-electron chi connectivity index (χ2n) is 7.73. The monoisotopic (exact) mass is 560 g/mol. The molecule has 0 fully saturated rings. The van der Waals surface area contributed by atoms with Gasteiger partial charge in [-0.15, -0.1) is 0 Å². The maximum Gasteiger partial charge on any atom is 0.334 e. The van der Waals surface area contributed by atoms with E-state index in [1.807, 2.05) is 6.92 Å². The summed E-state index contributed by atoms with van der Waals surface area (Å²) in [5.74, 6) is -2.53. The molecule has 0 spiro atoms. The zero-order valence-corrected chi connectivity index (χ0v) is 24.1. The average molecular weight is 561 g/mol. The zero-order chi connectivity index (χ0) is 30.3. The van der Waals surface area contributed by atoms with Crippen LogP contribution in [0.2, 0.25) is 0 Å². The number of rotatable bonds is 21. The summed E-state index contributed by atoms with van der Waals surface area (Å²) in [5, 5.41) is 8.35. The summed E-state index contributed by atoms with van der Waals surface area (Å²) in [6, 6.07) is 0. The van der Waals surface area contributed by atoms with E-state index >= 15 is 0 Å². The quantitative estimate of drug-likeness (QED) is 0.0939. The van der Waals surface area contributed by atoms with E-state index in [2.05, 4.69) is 43.1 Å². The predicted octanol–water partition coefficient (Wildman–Crippen LogP) is 4.05. The van der Waals surface area contributed by atoms with Crippen LogP contribution in [0.25, 0.3) is 0 Å². The topological polar surface area (TPSA) is 144 Å². The Labute approximate surface area is 233 Å². The Morgan fingerprint density at radius 2 is 1.15 bits per heavy atom. The Bertz CT molecular complexity index is 702. The lowest BCUT2D eigenvalue weighted by atomic mass is 10.2. The first kappa shape index (κ1) is 40.5. The van der Waals surface area contributed by atoms with Crippen LogP contribution in [0.4, 0.5) is 0 Å². The van der Waals surface area contributed by atoms with E-state index in [1.54, 1.807) is 6.92 Å². The van der Waals surface area contributed by atoms with E-state index in [0.29, 0.717) is 45.2 Å². The third kappa shape index (κ3) is 35.0. The van der Waals surface area contributed by atoms with E-state index in [0.717, 1.165) is 45.0 Å². The molecular formula is C28H48O11. The first-order chi connectivity index (χ1) is 18.6. The second kappa shape index (κ2) is 31.2. The lowest BCUT2D eigenvalue weighted by Crippen LogP contribution is -2.14. The van der Waals surface area contributed by atoms with Gasteiger partial charge in [0.05, 0.1) is 26.2 Å². The lowest BCUT2D eigenvalue weighted by Gasteiger charge is -2.05. The van der Waals surface area contributed by atoms with Crippen LogP contribution in [0.3, 0.4) is 0 Å². The molecular weight excluding hydrogens is 512 g/mol. The fraction of sp³-hybridized carbons (Fsp3) is 0.643. The second-order valence-corrected chi connectivity index (χ2v) is 7.73. The van der Waals surface area contributed by atoms with Crippen molar-refractivity contribution in [3.05, 3.63) is 37.0 Å². The maximum absolute atomic E-state index is 11.0. The van der Waals surface area contributed by atoms with Crippen LogP contribution >= 0.6 is 0 Å². The van der Waals surface area contributed by atoms with Crippen molar-refractivity contribution in [3.8, 4) is 0 Å². The molecule has 0 aromatic heterocycles. The summed E-state index contributed by atoms with van der Waals surface area (Å²) in [4.78, 5) is 42.6. The van der Waals surface area contributed by atoms with Crippen LogP contribution in [-0.2, 0) is 47.6 Å². The van der Waals surface area contributed by atoms with E-state index in [9.17, 15) is 19.2 Å².